The molecule has 1 fully saturated rings. The van der Waals surface area contributed by atoms with E-state index in [4.69, 9.17) is 9.47 Å². The zero-order chi connectivity index (χ0) is 9.30. The minimum Gasteiger partial charge on any atom is -0.388 e. The molecule has 1 aliphatic rings. The molecule has 12 heavy (non-hydrogen) atoms. The van der Waals surface area contributed by atoms with Gasteiger partial charge in [-0.15, -0.1) is 0 Å². The number of hydrogen-bond acceptors (Lipinski definition) is 5. The summed E-state index contributed by atoms with van der Waals surface area (Å²) in [5.41, 5.74) is 0. The first-order valence-corrected chi connectivity index (χ1v) is 3.80. The highest BCUT2D eigenvalue weighted by Gasteiger charge is 2.41. The second-order valence-corrected chi connectivity index (χ2v) is 2.92. The van der Waals surface area contributed by atoms with Gasteiger partial charge in [-0.1, -0.05) is 0 Å². The highest BCUT2D eigenvalue weighted by atomic mass is 16.7. The normalized spacial score (nSPS) is 49.2. The summed E-state index contributed by atoms with van der Waals surface area (Å²) < 4.78 is 9.80. The fraction of sp³-hybridized carbons (Fsp3) is 1.00. The molecule has 72 valence electrons. The molecule has 1 heterocycles. The first kappa shape index (κ1) is 9.88. The average molecular weight is 178 g/mol. The van der Waals surface area contributed by atoms with Gasteiger partial charge in [-0.05, 0) is 6.92 Å². The van der Waals surface area contributed by atoms with Gasteiger partial charge in [0.15, 0.2) is 6.29 Å². The molecule has 0 aliphatic carbocycles. The van der Waals surface area contributed by atoms with Gasteiger partial charge in [-0.2, -0.15) is 0 Å². The van der Waals surface area contributed by atoms with Crippen molar-refractivity contribution in [2.45, 2.75) is 37.6 Å². The Morgan fingerprint density at radius 3 is 2.17 bits per heavy atom. The monoisotopic (exact) mass is 178 g/mol. The minimum atomic E-state index is -1.21. The van der Waals surface area contributed by atoms with E-state index in [1.54, 1.807) is 6.92 Å². The van der Waals surface area contributed by atoms with Gasteiger partial charge >= 0.3 is 0 Å². The number of aliphatic hydroxyl groups is 3. The van der Waals surface area contributed by atoms with Crippen LogP contribution in [0.2, 0.25) is 0 Å². The maximum absolute atomic E-state index is 9.27. The Kier molecular flexibility index (Phi) is 3.03. The van der Waals surface area contributed by atoms with Crippen molar-refractivity contribution in [3.8, 4) is 0 Å². The highest BCUT2D eigenvalue weighted by molar-refractivity contribution is 4.86. The molecule has 1 saturated heterocycles. The second-order valence-electron chi connectivity index (χ2n) is 2.92. The largest absolute Gasteiger partial charge is 0.388 e. The van der Waals surface area contributed by atoms with Crippen molar-refractivity contribution in [2.75, 3.05) is 7.11 Å². The standard InChI is InChI=1S/C7H14O5/c1-3-4(8)5(9)6(10)7(11-2)12-3/h3-10H,1-2H3/t3?,4-,5?,6+,7+/m1/s1. The Morgan fingerprint density at radius 1 is 1.08 bits per heavy atom. The third-order valence-corrected chi connectivity index (χ3v) is 2.04. The van der Waals surface area contributed by atoms with Gasteiger partial charge in [0, 0.05) is 7.11 Å². The molecular formula is C7H14O5. The molecule has 0 amide bonds. The van der Waals surface area contributed by atoms with Crippen molar-refractivity contribution < 1.29 is 24.8 Å². The molecule has 1 aliphatic heterocycles. The summed E-state index contributed by atoms with van der Waals surface area (Å²) in [6, 6.07) is 0. The molecule has 0 bridgehead atoms. The van der Waals surface area contributed by atoms with Crippen molar-refractivity contribution in [1.29, 1.82) is 0 Å². The Balaban J connectivity index is 2.63. The molecule has 3 N–H and O–H groups in total. The molecule has 0 aromatic carbocycles. The van der Waals surface area contributed by atoms with E-state index in [0.717, 1.165) is 0 Å². The lowest BCUT2D eigenvalue weighted by molar-refractivity contribution is -0.286. The van der Waals surface area contributed by atoms with Gasteiger partial charge < -0.3 is 24.8 Å². The quantitative estimate of drug-likeness (QED) is 0.453. The lowest BCUT2D eigenvalue weighted by Gasteiger charge is -2.38. The maximum Gasteiger partial charge on any atom is 0.186 e. The highest BCUT2D eigenvalue weighted by Crippen LogP contribution is 2.20. The van der Waals surface area contributed by atoms with Crippen LogP contribution in [-0.4, -0.2) is 53.1 Å². The minimum absolute atomic E-state index is 0.534. The molecule has 5 heteroatoms. The van der Waals surface area contributed by atoms with E-state index in [1.165, 1.54) is 7.11 Å². The summed E-state index contributed by atoms with van der Waals surface area (Å²) in [6.45, 7) is 1.60. The fourth-order valence-electron chi connectivity index (χ4n) is 1.21. The van der Waals surface area contributed by atoms with Crippen LogP contribution in [0.1, 0.15) is 6.92 Å². The summed E-state index contributed by atoms with van der Waals surface area (Å²) >= 11 is 0. The Hall–Kier alpha value is -0.200. The van der Waals surface area contributed by atoms with Crippen molar-refractivity contribution in [3.63, 3.8) is 0 Å². The Labute approximate surface area is 70.5 Å². The van der Waals surface area contributed by atoms with Gasteiger partial charge in [0.2, 0.25) is 0 Å². The van der Waals surface area contributed by atoms with Gasteiger partial charge in [-0.3, -0.25) is 0 Å². The van der Waals surface area contributed by atoms with E-state index in [-0.39, 0.29) is 0 Å². The molecule has 0 radical (unpaired) electrons. The van der Waals surface area contributed by atoms with E-state index in [1.807, 2.05) is 0 Å². The van der Waals surface area contributed by atoms with E-state index in [2.05, 4.69) is 0 Å². The van der Waals surface area contributed by atoms with E-state index in [0.29, 0.717) is 0 Å². The third kappa shape index (κ3) is 1.60. The van der Waals surface area contributed by atoms with Crippen LogP contribution in [0.3, 0.4) is 0 Å². The van der Waals surface area contributed by atoms with Gasteiger partial charge in [0.05, 0.1) is 6.10 Å². The molecule has 5 atom stereocenters. The number of hydrogen-bond donors (Lipinski definition) is 3. The lowest BCUT2D eigenvalue weighted by Crippen LogP contribution is -2.57. The van der Waals surface area contributed by atoms with Crippen LogP contribution in [0.15, 0.2) is 0 Å². The number of aliphatic hydroxyl groups excluding tert-OH is 3. The van der Waals surface area contributed by atoms with E-state index < -0.39 is 30.7 Å². The number of ether oxygens (including phenoxy) is 2. The average Bonchev–Trinajstić information content (AvgIpc) is 2.08. The zero-order valence-electron chi connectivity index (χ0n) is 7.04. The Morgan fingerprint density at radius 2 is 1.67 bits per heavy atom. The van der Waals surface area contributed by atoms with Gasteiger partial charge in [0.1, 0.15) is 18.3 Å². The van der Waals surface area contributed by atoms with Crippen LogP contribution in [-0.2, 0) is 9.47 Å². The predicted molar refractivity (Wildman–Crippen MR) is 39.4 cm³/mol. The predicted octanol–water partition coefficient (Wildman–Crippen LogP) is -1.54. The van der Waals surface area contributed by atoms with Crippen LogP contribution in [0.4, 0.5) is 0 Å². The molecule has 5 nitrogen and oxygen atoms in total. The number of methoxy groups -OCH3 is 1. The SMILES string of the molecule is CO[C@H]1OC(C)[C@@H](O)C(O)[C@@H]1O. The molecule has 2 unspecified atom stereocenters. The summed E-state index contributed by atoms with van der Waals surface area (Å²) in [5.74, 6) is 0. The summed E-state index contributed by atoms with van der Waals surface area (Å²) in [7, 11) is 1.37. The maximum atomic E-state index is 9.27. The van der Waals surface area contributed by atoms with Crippen LogP contribution in [0.25, 0.3) is 0 Å². The molecule has 0 saturated carbocycles. The molecule has 0 aromatic rings. The summed E-state index contributed by atoms with van der Waals surface area (Å²) in [5, 5.41) is 27.8. The molecule has 0 spiro atoms. The van der Waals surface area contributed by atoms with E-state index in [9.17, 15) is 15.3 Å². The Bertz CT molecular complexity index is 146. The van der Waals surface area contributed by atoms with Crippen molar-refractivity contribution >= 4 is 0 Å². The lowest BCUT2D eigenvalue weighted by atomic mass is 10.0. The third-order valence-electron chi connectivity index (χ3n) is 2.04. The summed E-state index contributed by atoms with van der Waals surface area (Å²) in [4.78, 5) is 0. The van der Waals surface area contributed by atoms with Crippen LogP contribution < -0.4 is 0 Å². The molecular weight excluding hydrogens is 164 g/mol. The topological polar surface area (TPSA) is 79.2 Å². The first-order chi connectivity index (χ1) is 5.57. The van der Waals surface area contributed by atoms with Gasteiger partial charge in [0.25, 0.3) is 0 Å². The van der Waals surface area contributed by atoms with Crippen molar-refractivity contribution in [1.82, 2.24) is 0 Å². The van der Waals surface area contributed by atoms with E-state index >= 15 is 0 Å². The van der Waals surface area contributed by atoms with Crippen LogP contribution >= 0.6 is 0 Å². The first-order valence-electron chi connectivity index (χ1n) is 3.80. The smallest absolute Gasteiger partial charge is 0.186 e. The second kappa shape index (κ2) is 3.68. The van der Waals surface area contributed by atoms with Gasteiger partial charge in [-0.25, -0.2) is 0 Å². The van der Waals surface area contributed by atoms with Crippen LogP contribution in [0.5, 0.6) is 0 Å². The number of rotatable bonds is 1. The zero-order valence-corrected chi connectivity index (χ0v) is 7.04. The molecule has 0 aromatic heterocycles. The van der Waals surface area contributed by atoms with Crippen molar-refractivity contribution in [2.24, 2.45) is 0 Å². The van der Waals surface area contributed by atoms with Crippen LogP contribution in [0, 0.1) is 0 Å². The molecule has 1 rings (SSSR count). The van der Waals surface area contributed by atoms with Crippen molar-refractivity contribution in [3.05, 3.63) is 0 Å². The summed E-state index contributed by atoms with van der Waals surface area (Å²) in [6.07, 6.45) is -4.86. The fourth-order valence-corrected chi connectivity index (χ4v) is 1.21.